The minimum atomic E-state index is -0.462. The Labute approximate surface area is 172 Å². The Hall–Kier alpha value is -2.64. The standard InChI is InChI=1S/C20H19ClN4O2S/c1-2-3-4-14-5-9-16(10-6-14)24-19-18(25(26)27)20(23-13-22-19)28-17-11-7-15(21)8-12-17/h5-13H,2-4H2,1H3,(H,22,23,24). The number of hydrogen-bond acceptors (Lipinski definition) is 6. The van der Waals surface area contributed by atoms with Crippen molar-refractivity contribution in [1.29, 1.82) is 0 Å². The summed E-state index contributed by atoms with van der Waals surface area (Å²) >= 11 is 7.09. The normalized spacial score (nSPS) is 10.6. The molecule has 1 aromatic heterocycles. The monoisotopic (exact) mass is 414 g/mol. The minimum absolute atomic E-state index is 0.155. The Morgan fingerprint density at radius 1 is 1.11 bits per heavy atom. The molecular weight excluding hydrogens is 396 g/mol. The lowest BCUT2D eigenvalue weighted by atomic mass is 10.1. The molecule has 3 aromatic rings. The molecular formula is C20H19ClN4O2S. The van der Waals surface area contributed by atoms with Crippen molar-refractivity contribution in [2.75, 3.05) is 5.32 Å². The van der Waals surface area contributed by atoms with Gasteiger partial charge < -0.3 is 5.32 Å². The van der Waals surface area contributed by atoms with Crippen LogP contribution in [-0.2, 0) is 6.42 Å². The van der Waals surface area contributed by atoms with Gasteiger partial charge in [0.1, 0.15) is 6.33 Å². The van der Waals surface area contributed by atoms with Gasteiger partial charge in [0, 0.05) is 15.6 Å². The minimum Gasteiger partial charge on any atom is -0.334 e. The van der Waals surface area contributed by atoms with E-state index in [1.54, 1.807) is 24.3 Å². The number of nitro groups is 1. The third-order valence-electron chi connectivity index (χ3n) is 4.04. The summed E-state index contributed by atoms with van der Waals surface area (Å²) in [6, 6.07) is 14.9. The van der Waals surface area contributed by atoms with Gasteiger partial charge in [0.15, 0.2) is 5.03 Å². The van der Waals surface area contributed by atoms with Crippen LogP contribution in [0, 0.1) is 10.1 Å². The van der Waals surface area contributed by atoms with E-state index in [1.165, 1.54) is 23.7 Å². The summed E-state index contributed by atoms with van der Waals surface area (Å²) in [7, 11) is 0. The van der Waals surface area contributed by atoms with Crippen LogP contribution in [0.25, 0.3) is 0 Å². The molecule has 6 nitrogen and oxygen atoms in total. The molecule has 144 valence electrons. The van der Waals surface area contributed by atoms with Crippen molar-refractivity contribution in [1.82, 2.24) is 9.97 Å². The van der Waals surface area contributed by atoms with Crippen molar-refractivity contribution >= 4 is 40.6 Å². The Morgan fingerprint density at radius 3 is 2.46 bits per heavy atom. The summed E-state index contributed by atoms with van der Waals surface area (Å²) in [5.74, 6) is 0.165. The molecule has 0 amide bonds. The molecule has 1 N–H and O–H groups in total. The van der Waals surface area contributed by atoms with Crippen LogP contribution in [0.1, 0.15) is 25.3 Å². The molecule has 0 aliphatic heterocycles. The van der Waals surface area contributed by atoms with Crippen LogP contribution in [-0.4, -0.2) is 14.9 Å². The zero-order chi connectivity index (χ0) is 19.9. The second-order valence-electron chi connectivity index (χ2n) is 6.11. The third kappa shape index (κ3) is 5.21. The van der Waals surface area contributed by atoms with Gasteiger partial charge in [0.05, 0.1) is 4.92 Å². The lowest BCUT2D eigenvalue weighted by Crippen LogP contribution is -2.03. The van der Waals surface area contributed by atoms with Gasteiger partial charge in [-0.2, -0.15) is 0 Å². The van der Waals surface area contributed by atoms with E-state index in [-0.39, 0.29) is 16.5 Å². The van der Waals surface area contributed by atoms with Crippen LogP contribution >= 0.6 is 23.4 Å². The van der Waals surface area contributed by atoms with Gasteiger partial charge in [-0.15, -0.1) is 0 Å². The number of unbranched alkanes of at least 4 members (excludes halogenated alkanes) is 1. The van der Waals surface area contributed by atoms with Crippen molar-refractivity contribution in [3.8, 4) is 0 Å². The van der Waals surface area contributed by atoms with Gasteiger partial charge in [0.25, 0.3) is 0 Å². The molecule has 3 rings (SSSR count). The predicted octanol–water partition coefficient (Wildman–Crippen LogP) is 6.28. The summed E-state index contributed by atoms with van der Waals surface area (Å²) in [4.78, 5) is 20.2. The number of halogens is 1. The van der Waals surface area contributed by atoms with E-state index in [9.17, 15) is 10.1 Å². The maximum atomic E-state index is 11.7. The molecule has 0 bridgehead atoms. The van der Waals surface area contributed by atoms with E-state index in [2.05, 4.69) is 22.2 Å². The Morgan fingerprint density at radius 2 is 1.82 bits per heavy atom. The molecule has 8 heteroatoms. The number of rotatable bonds is 8. The van der Waals surface area contributed by atoms with E-state index in [4.69, 9.17) is 11.6 Å². The second kappa shape index (κ2) is 9.52. The average molecular weight is 415 g/mol. The highest BCUT2D eigenvalue weighted by molar-refractivity contribution is 7.99. The first-order valence-electron chi connectivity index (χ1n) is 8.85. The number of anilines is 2. The lowest BCUT2D eigenvalue weighted by Gasteiger charge is -2.09. The summed E-state index contributed by atoms with van der Waals surface area (Å²) in [6.45, 7) is 2.16. The van der Waals surface area contributed by atoms with Gasteiger partial charge in [-0.3, -0.25) is 10.1 Å². The van der Waals surface area contributed by atoms with Crippen molar-refractivity contribution in [3.05, 3.63) is 75.6 Å². The second-order valence-corrected chi connectivity index (χ2v) is 7.61. The predicted molar refractivity (Wildman–Crippen MR) is 113 cm³/mol. The highest BCUT2D eigenvalue weighted by Crippen LogP contribution is 2.37. The van der Waals surface area contributed by atoms with Crippen LogP contribution < -0.4 is 5.32 Å². The fraction of sp³-hybridized carbons (Fsp3) is 0.200. The Bertz CT molecular complexity index is 949. The van der Waals surface area contributed by atoms with E-state index in [1.807, 2.05) is 24.3 Å². The van der Waals surface area contributed by atoms with Gasteiger partial charge in [-0.05, 0) is 54.8 Å². The summed E-state index contributed by atoms with van der Waals surface area (Å²) < 4.78 is 0. The molecule has 0 unspecified atom stereocenters. The zero-order valence-electron chi connectivity index (χ0n) is 15.3. The zero-order valence-corrected chi connectivity index (χ0v) is 16.8. The quantitative estimate of drug-likeness (QED) is 0.265. The van der Waals surface area contributed by atoms with E-state index in [0.29, 0.717) is 5.02 Å². The molecule has 0 fully saturated rings. The molecule has 2 aromatic carbocycles. The highest BCUT2D eigenvalue weighted by atomic mass is 35.5. The van der Waals surface area contributed by atoms with Crippen molar-refractivity contribution in [2.24, 2.45) is 0 Å². The van der Waals surface area contributed by atoms with Crippen molar-refractivity contribution in [3.63, 3.8) is 0 Å². The third-order valence-corrected chi connectivity index (χ3v) is 5.29. The fourth-order valence-electron chi connectivity index (χ4n) is 2.58. The first-order valence-corrected chi connectivity index (χ1v) is 10.0. The lowest BCUT2D eigenvalue weighted by molar-refractivity contribution is -0.387. The highest BCUT2D eigenvalue weighted by Gasteiger charge is 2.24. The molecule has 0 radical (unpaired) electrons. The van der Waals surface area contributed by atoms with Crippen molar-refractivity contribution < 1.29 is 4.92 Å². The van der Waals surface area contributed by atoms with Crippen LogP contribution in [0.15, 0.2) is 64.8 Å². The maximum Gasteiger partial charge on any atom is 0.343 e. The van der Waals surface area contributed by atoms with E-state index in [0.717, 1.165) is 29.8 Å². The number of aryl methyl sites for hydroxylation is 1. The van der Waals surface area contributed by atoms with Crippen LogP contribution in [0.4, 0.5) is 17.2 Å². The van der Waals surface area contributed by atoms with Gasteiger partial charge in [-0.1, -0.05) is 48.8 Å². The number of hydrogen-bond donors (Lipinski definition) is 1. The number of benzene rings is 2. The molecule has 28 heavy (non-hydrogen) atoms. The molecule has 0 aliphatic carbocycles. The molecule has 0 spiro atoms. The summed E-state index contributed by atoms with van der Waals surface area (Å²) in [6.07, 6.45) is 4.62. The topological polar surface area (TPSA) is 81.0 Å². The Kier molecular flexibility index (Phi) is 6.84. The first kappa shape index (κ1) is 20.1. The Balaban J connectivity index is 1.84. The van der Waals surface area contributed by atoms with Gasteiger partial charge in [0.2, 0.25) is 5.82 Å². The van der Waals surface area contributed by atoms with Gasteiger partial charge >= 0.3 is 5.69 Å². The first-order chi connectivity index (χ1) is 13.6. The maximum absolute atomic E-state index is 11.7. The molecule has 0 saturated heterocycles. The fourth-order valence-corrected chi connectivity index (χ4v) is 3.57. The van der Waals surface area contributed by atoms with Gasteiger partial charge in [-0.25, -0.2) is 9.97 Å². The van der Waals surface area contributed by atoms with Crippen LogP contribution in [0.3, 0.4) is 0 Å². The molecule has 0 atom stereocenters. The molecule has 1 heterocycles. The smallest absolute Gasteiger partial charge is 0.334 e. The van der Waals surface area contributed by atoms with Crippen molar-refractivity contribution in [2.45, 2.75) is 36.1 Å². The SMILES string of the molecule is CCCCc1ccc(Nc2ncnc(Sc3ccc(Cl)cc3)c2[N+](=O)[O-])cc1. The van der Waals surface area contributed by atoms with E-state index < -0.39 is 4.92 Å². The average Bonchev–Trinajstić information content (AvgIpc) is 2.69. The van der Waals surface area contributed by atoms with E-state index >= 15 is 0 Å². The number of nitrogens with zero attached hydrogens (tertiary/aromatic N) is 3. The summed E-state index contributed by atoms with van der Waals surface area (Å²) in [5.41, 5.74) is 1.82. The van der Waals surface area contributed by atoms with Crippen LogP contribution in [0.2, 0.25) is 5.02 Å². The molecule has 0 saturated carbocycles. The molecule has 0 aliphatic rings. The number of nitrogens with one attached hydrogen (secondary N) is 1. The number of aromatic nitrogens is 2. The van der Waals surface area contributed by atoms with Crippen LogP contribution in [0.5, 0.6) is 0 Å². The largest absolute Gasteiger partial charge is 0.343 e. The summed E-state index contributed by atoms with van der Waals surface area (Å²) in [5, 5.41) is 15.6.